The van der Waals surface area contributed by atoms with E-state index in [1.165, 1.54) is 6.20 Å². The number of halogens is 3. The lowest BCUT2D eigenvalue weighted by Crippen LogP contribution is -2.14. The van der Waals surface area contributed by atoms with Gasteiger partial charge in [0.2, 0.25) is 0 Å². The molecule has 2 rings (SSSR count). The van der Waals surface area contributed by atoms with Crippen LogP contribution in [0.15, 0.2) is 41.1 Å². The van der Waals surface area contributed by atoms with E-state index in [0.717, 1.165) is 18.2 Å². The van der Waals surface area contributed by atoms with E-state index in [2.05, 4.69) is 26.2 Å². The largest absolute Gasteiger partial charge is 0.320 e. The summed E-state index contributed by atoms with van der Waals surface area (Å²) in [4.78, 5) is 15.7. The number of carbonyl (C=O) groups excluding carboxylic acids is 1. The van der Waals surface area contributed by atoms with E-state index in [9.17, 15) is 13.6 Å². The van der Waals surface area contributed by atoms with Gasteiger partial charge in [0.15, 0.2) is 0 Å². The summed E-state index contributed by atoms with van der Waals surface area (Å²) in [6.07, 6.45) is 1.53. The first-order chi connectivity index (χ1) is 8.58. The van der Waals surface area contributed by atoms with Crippen molar-refractivity contribution in [2.45, 2.75) is 0 Å². The summed E-state index contributed by atoms with van der Waals surface area (Å²) >= 11 is 3.14. The van der Waals surface area contributed by atoms with Crippen molar-refractivity contribution < 1.29 is 13.6 Å². The van der Waals surface area contributed by atoms with Crippen LogP contribution in [0.3, 0.4) is 0 Å². The van der Waals surface area contributed by atoms with Crippen molar-refractivity contribution in [3.63, 3.8) is 0 Å². The molecule has 2 aromatic rings. The van der Waals surface area contributed by atoms with E-state index >= 15 is 0 Å². The van der Waals surface area contributed by atoms with E-state index in [4.69, 9.17) is 0 Å². The molecule has 0 unspecified atom stereocenters. The van der Waals surface area contributed by atoms with Crippen molar-refractivity contribution >= 4 is 27.5 Å². The first kappa shape index (κ1) is 12.6. The first-order valence-electron chi connectivity index (χ1n) is 4.95. The molecule has 0 aliphatic carbocycles. The van der Waals surface area contributed by atoms with Gasteiger partial charge in [0.1, 0.15) is 16.2 Å². The van der Waals surface area contributed by atoms with Gasteiger partial charge in [-0.1, -0.05) is 0 Å². The summed E-state index contributed by atoms with van der Waals surface area (Å²) in [5, 5.41) is 2.44. The van der Waals surface area contributed by atoms with E-state index in [-0.39, 0.29) is 5.56 Å². The Hall–Kier alpha value is -1.82. The number of benzene rings is 1. The van der Waals surface area contributed by atoms with Gasteiger partial charge >= 0.3 is 0 Å². The molecule has 0 saturated heterocycles. The van der Waals surface area contributed by atoms with Crippen LogP contribution in [0, 0.1) is 11.6 Å². The number of nitrogens with zero attached hydrogens (tertiary/aromatic N) is 1. The number of rotatable bonds is 2. The summed E-state index contributed by atoms with van der Waals surface area (Å²) in [6.45, 7) is 0. The Labute approximate surface area is 110 Å². The average Bonchev–Trinajstić information content (AvgIpc) is 2.35. The molecule has 1 amide bonds. The molecule has 1 aromatic heterocycles. The van der Waals surface area contributed by atoms with E-state index < -0.39 is 17.5 Å². The highest BCUT2D eigenvalue weighted by Crippen LogP contribution is 2.20. The molecule has 0 saturated carbocycles. The van der Waals surface area contributed by atoms with Crippen molar-refractivity contribution in [1.82, 2.24) is 4.98 Å². The number of aromatic nitrogens is 1. The van der Waals surface area contributed by atoms with Crippen molar-refractivity contribution in [2.75, 3.05) is 5.32 Å². The number of pyridine rings is 1. The molecule has 0 radical (unpaired) electrons. The molecule has 92 valence electrons. The minimum Gasteiger partial charge on any atom is -0.320 e. The number of hydrogen-bond acceptors (Lipinski definition) is 2. The van der Waals surface area contributed by atoms with E-state index in [1.54, 1.807) is 12.1 Å². The monoisotopic (exact) mass is 312 g/mol. The summed E-state index contributed by atoms with van der Waals surface area (Å²) in [5.74, 6) is -2.19. The summed E-state index contributed by atoms with van der Waals surface area (Å²) in [7, 11) is 0. The lowest BCUT2D eigenvalue weighted by molar-refractivity contribution is 0.102. The van der Waals surface area contributed by atoms with Crippen LogP contribution in [-0.4, -0.2) is 10.9 Å². The van der Waals surface area contributed by atoms with Crippen LogP contribution < -0.4 is 5.32 Å². The smallest absolute Gasteiger partial charge is 0.258 e. The number of nitrogens with one attached hydrogen (secondary N) is 1. The Morgan fingerprint density at radius 2 is 2.06 bits per heavy atom. The Balaban J connectivity index is 2.28. The van der Waals surface area contributed by atoms with Gasteiger partial charge in [-0.3, -0.25) is 4.79 Å². The molecular formula is C12H7BrF2N2O. The summed E-state index contributed by atoms with van der Waals surface area (Å²) in [5.41, 5.74) is 0.0249. The Morgan fingerprint density at radius 1 is 1.28 bits per heavy atom. The number of hydrogen-bond donors (Lipinski definition) is 1. The van der Waals surface area contributed by atoms with Crippen LogP contribution in [0.1, 0.15) is 10.4 Å². The molecule has 0 atom stereocenters. The minimum atomic E-state index is -0.783. The first-order valence-corrected chi connectivity index (χ1v) is 5.74. The maximum Gasteiger partial charge on any atom is 0.258 e. The molecule has 6 heteroatoms. The third-order valence-corrected chi connectivity index (χ3v) is 2.81. The fourth-order valence-electron chi connectivity index (χ4n) is 1.34. The van der Waals surface area contributed by atoms with Crippen molar-refractivity contribution in [3.05, 3.63) is 58.3 Å². The topological polar surface area (TPSA) is 42.0 Å². The van der Waals surface area contributed by atoms with Crippen LogP contribution in [0.5, 0.6) is 0 Å². The van der Waals surface area contributed by atoms with Crippen molar-refractivity contribution in [3.8, 4) is 0 Å². The summed E-state index contributed by atoms with van der Waals surface area (Å²) < 4.78 is 26.7. The predicted octanol–water partition coefficient (Wildman–Crippen LogP) is 3.37. The fourth-order valence-corrected chi connectivity index (χ4v) is 1.69. The normalized spacial score (nSPS) is 10.2. The van der Waals surface area contributed by atoms with Gasteiger partial charge in [-0.25, -0.2) is 13.8 Å². The summed E-state index contributed by atoms with van der Waals surface area (Å²) in [6, 6.07) is 5.90. The molecule has 1 N–H and O–H groups in total. The van der Waals surface area contributed by atoms with Gasteiger partial charge in [-0.15, -0.1) is 0 Å². The highest BCUT2D eigenvalue weighted by atomic mass is 79.9. The second-order valence-corrected chi connectivity index (χ2v) is 4.17. The predicted molar refractivity (Wildman–Crippen MR) is 66.2 cm³/mol. The Bertz CT molecular complexity index is 604. The maximum atomic E-state index is 13.4. The molecule has 0 aliphatic rings. The second-order valence-electron chi connectivity index (χ2n) is 3.42. The molecule has 0 bridgehead atoms. The Morgan fingerprint density at radius 3 is 2.78 bits per heavy atom. The zero-order valence-corrected chi connectivity index (χ0v) is 10.5. The van der Waals surface area contributed by atoms with Gasteiger partial charge in [-0.05, 0) is 46.3 Å². The zero-order valence-electron chi connectivity index (χ0n) is 8.95. The number of carbonyl (C=O) groups is 1. The number of anilines is 1. The highest BCUT2D eigenvalue weighted by molar-refractivity contribution is 9.10. The highest BCUT2D eigenvalue weighted by Gasteiger charge is 2.14. The van der Waals surface area contributed by atoms with Crippen LogP contribution in [0.4, 0.5) is 14.5 Å². The molecule has 0 aliphatic heterocycles. The van der Waals surface area contributed by atoms with Gasteiger partial charge in [0.25, 0.3) is 5.91 Å². The lowest BCUT2D eigenvalue weighted by Gasteiger charge is -2.07. The third kappa shape index (κ3) is 2.70. The van der Waals surface area contributed by atoms with Gasteiger partial charge in [0, 0.05) is 6.20 Å². The van der Waals surface area contributed by atoms with Crippen LogP contribution >= 0.6 is 15.9 Å². The quantitative estimate of drug-likeness (QED) is 0.864. The standard InChI is InChI=1S/C12H7BrF2N2O/c13-11-10(2-1-5-16-11)17-12(18)8-6-7(14)3-4-9(8)15/h1-6H,(H,17,18). The number of amides is 1. The van der Waals surface area contributed by atoms with E-state index in [1.807, 2.05) is 0 Å². The molecule has 1 aromatic carbocycles. The van der Waals surface area contributed by atoms with Gasteiger partial charge in [0.05, 0.1) is 11.3 Å². The van der Waals surface area contributed by atoms with Crippen LogP contribution in [-0.2, 0) is 0 Å². The van der Waals surface area contributed by atoms with Crippen molar-refractivity contribution in [2.24, 2.45) is 0 Å². The van der Waals surface area contributed by atoms with Gasteiger partial charge in [-0.2, -0.15) is 0 Å². The van der Waals surface area contributed by atoms with Gasteiger partial charge < -0.3 is 5.32 Å². The zero-order chi connectivity index (χ0) is 13.1. The SMILES string of the molecule is O=C(Nc1cccnc1Br)c1cc(F)ccc1F. The molecule has 3 nitrogen and oxygen atoms in total. The molecular weight excluding hydrogens is 306 g/mol. The average molecular weight is 313 g/mol. The van der Waals surface area contributed by atoms with Crippen molar-refractivity contribution in [1.29, 1.82) is 0 Å². The third-order valence-electron chi connectivity index (χ3n) is 2.18. The lowest BCUT2D eigenvalue weighted by atomic mass is 10.2. The van der Waals surface area contributed by atoms with Crippen LogP contribution in [0.25, 0.3) is 0 Å². The maximum absolute atomic E-state index is 13.4. The molecule has 0 fully saturated rings. The fraction of sp³-hybridized carbons (Fsp3) is 0. The van der Waals surface area contributed by atoms with E-state index in [0.29, 0.717) is 10.3 Å². The minimum absolute atomic E-state index is 0.356. The molecule has 1 heterocycles. The second kappa shape index (κ2) is 5.22. The molecule has 0 spiro atoms. The van der Waals surface area contributed by atoms with Crippen LogP contribution in [0.2, 0.25) is 0 Å². The Kier molecular flexibility index (Phi) is 3.66. The molecule has 18 heavy (non-hydrogen) atoms.